The van der Waals surface area contributed by atoms with Gasteiger partial charge in [0, 0.05) is 19.1 Å². The van der Waals surface area contributed by atoms with Gasteiger partial charge in [-0.1, -0.05) is 6.92 Å². The largest absolute Gasteiger partial charge is 0.481 e. The number of hydrogen-bond acceptors (Lipinski definition) is 3. The van der Waals surface area contributed by atoms with E-state index in [4.69, 9.17) is 5.11 Å². The zero-order valence-electron chi connectivity index (χ0n) is 11.5. The summed E-state index contributed by atoms with van der Waals surface area (Å²) in [5, 5.41) is 12.0. The molecule has 0 saturated carbocycles. The number of nitrogens with zero attached hydrogens (tertiary/aromatic N) is 1. The first kappa shape index (κ1) is 15.0. The van der Waals surface area contributed by atoms with E-state index in [1.165, 1.54) is 0 Å². The Morgan fingerprint density at radius 1 is 1.44 bits per heavy atom. The highest BCUT2D eigenvalue weighted by Gasteiger charge is 2.42. The van der Waals surface area contributed by atoms with Gasteiger partial charge in [-0.25, -0.2) is 0 Å². The summed E-state index contributed by atoms with van der Waals surface area (Å²) >= 11 is 0. The number of carbonyl (C=O) groups excluding carboxylic acids is 1. The zero-order valence-corrected chi connectivity index (χ0v) is 11.5. The van der Waals surface area contributed by atoms with Gasteiger partial charge in [-0.05, 0) is 33.2 Å². The molecule has 18 heavy (non-hydrogen) atoms. The number of nitrogens with one attached hydrogen (secondary N) is 1. The van der Waals surface area contributed by atoms with Crippen molar-refractivity contribution in [2.24, 2.45) is 5.41 Å². The maximum Gasteiger partial charge on any atom is 0.305 e. The predicted octanol–water partition coefficient (Wildman–Crippen LogP) is 1.09. The van der Waals surface area contributed by atoms with Crippen LogP contribution in [-0.4, -0.2) is 47.6 Å². The Bertz CT molecular complexity index is 309. The lowest BCUT2D eigenvalue weighted by molar-refractivity contribution is -0.145. The molecule has 1 unspecified atom stereocenters. The molecule has 1 heterocycles. The monoisotopic (exact) mass is 256 g/mol. The molecule has 1 amide bonds. The van der Waals surface area contributed by atoms with Crippen LogP contribution in [0.4, 0.5) is 0 Å². The lowest BCUT2D eigenvalue weighted by atomic mass is 9.82. The number of carboxylic acid groups (broad SMARTS) is 1. The molecule has 2 N–H and O–H groups in total. The van der Waals surface area contributed by atoms with Gasteiger partial charge in [-0.15, -0.1) is 0 Å². The van der Waals surface area contributed by atoms with Gasteiger partial charge in [0.1, 0.15) is 0 Å². The fourth-order valence-electron chi connectivity index (χ4n) is 2.49. The zero-order chi connectivity index (χ0) is 13.8. The number of carboxylic acids is 1. The second-order valence-electron chi connectivity index (χ2n) is 5.30. The normalized spacial score (nSPS) is 23.3. The van der Waals surface area contributed by atoms with Crippen LogP contribution in [0.25, 0.3) is 0 Å². The van der Waals surface area contributed by atoms with Gasteiger partial charge in [0.05, 0.1) is 11.8 Å². The maximum absolute atomic E-state index is 12.6. The fourth-order valence-corrected chi connectivity index (χ4v) is 2.49. The first-order chi connectivity index (χ1) is 8.43. The van der Waals surface area contributed by atoms with E-state index in [0.717, 1.165) is 19.4 Å². The summed E-state index contributed by atoms with van der Waals surface area (Å²) < 4.78 is 0. The van der Waals surface area contributed by atoms with Crippen LogP contribution in [0.5, 0.6) is 0 Å². The lowest BCUT2D eigenvalue weighted by Gasteiger charge is -2.35. The average Bonchev–Trinajstić information content (AvgIpc) is 2.77. The van der Waals surface area contributed by atoms with Crippen molar-refractivity contribution in [2.45, 2.75) is 46.1 Å². The second-order valence-corrected chi connectivity index (χ2v) is 5.30. The molecule has 0 aromatic heterocycles. The Morgan fingerprint density at radius 3 is 2.50 bits per heavy atom. The van der Waals surface area contributed by atoms with Crippen molar-refractivity contribution in [3.63, 3.8) is 0 Å². The summed E-state index contributed by atoms with van der Waals surface area (Å²) in [4.78, 5) is 25.0. The highest BCUT2D eigenvalue weighted by molar-refractivity contribution is 5.84. The minimum absolute atomic E-state index is 0.0111. The van der Waals surface area contributed by atoms with Crippen molar-refractivity contribution in [2.75, 3.05) is 19.6 Å². The molecule has 5 heteroatoms. The van der Waals surface area contributed by atoms with Gasteiger partial charge < -0.3 is 15.3 Å². The second kappa shape index (κ2) is 6.18. The molecule has 0 bridgehead atoms. The number of rotatable bonds is 6. The van der Waals surface area contributed by atoms with Gasteiger partial charge in [-0.3, -0.25) is 9.59 Å². The van der Waals surface area contributed by atoms with Crippen molar-refractivity contribution in [3.8, 4) is 0 Å². The molecule has 1 atom stereocenters. The minimum Gasteiger partial charge on any atom is -0.481 e. The van der Waals surface area contributed by atoms with Crippen molar-refractivity contribution in [3.05, 3.63) is 0 Å². The highest BCUT2D eigenvalue weighted by atomic mass is 16.4. The SMILES string of the molecule is CCC1(C(=O)N(CCC(=O)O)C(C)C)CCNC1. The van der Waals surface area contributed by atoms with E-state index in [1.807, 2.05) is 20.8 Å². The summed E-state index contributed by atoms with van der Waals surface area (Å²) in [6, 6.07) is 0.0425. The molecule has 5 nitrogen and oxygen atoms in total. The molecular formula is C13H24N2O3. The average molecular weight is 256 g/mol. The maximum atomic E-state index is 12.6. The molecule has 1 aliphatic rings. The first-order valence-electron chi connectivity index (χ1n) is 6.66. The third-order valence-corrected chi connectivity index (χ3v) is 3.82. The van der Waals surface area contributed by atoms with Crippen LogP contribution in [0.2, 0.25) is 0 Å². The third kappa shape index (κ3) is 3.22. The van der Waals surface area contributed by atoms with Crippen molar-refractivity contribution < 1.29 is 14.7 Å². The summed E-state index contributed by atoms with van der Waals surface area (Å²) in [6.07, 6.45) is 1.66. The third-order valence-electron chi connectivity index (χ3n) is 3.82. The van der Waals surface area contributed by atoms with Crippen LogP contribution < -0.4 is 5.32 Å². The summed E-state index contributed by atoms with van der Waals surface area (Å²) in [6.45, 7) is 7.77. The minimum atomic E-state index is -0.858. The summed E-state index contributed by atoms with van der Waals surface area (Å²) in [7, 11) is 0. The Morgan fingerprint density at radius 2 is 2.11 bits per heavy atom. The van der Waals surface area contributed by atoms with Crippen LogP contribution >= 0.6 is 0 Å². The van der Waals surface area contributed by atoms with E-state index in [1.54, 1.807) is 4.90 Å². The van der Waals surface area contributed by atoms with E-state index in [9.17, 15) is 9.59 Å². The van der Waals surface area contributed by atoms with Crippen molar-refractivity contribution in [1.29, 1.82) is 0 Å². The van der Waals surface area contributed by atoms with Crippen molar-refractivity contribution >= 4 is 11.9 Å². The van der Waals surface area contributed by atoms with Crippen LogP contribution in [0.3, 0.4) is 0 Å². The molecular weight excluding hydrogens is 232 g/mol. The fraction of sp³-hybridized carbons (Fsp3) is 0.846. The van der Waals surface area contributed by atoms with Crippen LogP contribution in [-0.2, 0) is 9.59 Å². The Hall–Kier alpha value is -1.10. The number of hydrogen-bond donors (Lipinski definition) is 2. The number of carbonyl (C=O) groups is 2. The molecule has 1 rings (SSSR count). The molecule has 0 aliphatic carbocycles. The van der Waals surface area contributed by atoms with E-state index in [2.05, 4.69) is 5.32 Å². The lowest BCUT2D eigenvalue weighted by Crippen LogP contribution is -2.48. The van der Waals surface area contributed by atoms with Crippen LogP contribution in [0, 0.1) is 5.41 Å². The molecule has 1 aliphatic heterocycles. The molecule has 0 aromatic carbocycles. The molecule has 1 fully saturated rings. The summed E-state index contributed by atoms with van der Waals surface area (Å²) in [5.74, 6) is -0.755. The standard InChI is InChI=1S/C13H24N2O3/c1-4-13(6-7-14-9-13)12(18)15(10(2)3)8-5-11(16)17/h10,14H,4-9H2,1-3H3,(H,16,17). The Kier molecular flexibility index (Phi) is 5.14. The molecule has 0 aromatic rings. The molecule has 1 saturated heterocycles. The number of aliphatic carboxylic acids is 1. The predicted molar refractivity (Wildman–Crippen MR) is 69.3 cm³/mol. The van der Waals surface area contributed by atoms with Gasteiger partial charge in [0.15, 0.2) is 0 Å². The van der Waals surface area contributed by atoms with Crippen LogP contribution in [0.1, 0.15) is 40.0 Å². The number of amides is 1. The van der Waals surface area contributed by atoms with Crippen molar-refractivity contribution in [1.82, 2.24) is 10.2 Å². The van der Waals surface area contributed by atoms with Gasteiger partial charge >= 0.3 is 5.97 Å². The quantitative estimate of drug-likeness (QED) is 0.746. The smallest absolute Gasteiger partial charge is 0.305 e. The summed E-state index contributed by atoms with van der Waals surface area (Å²) in [5.41, 5.74) is -0.331. The van der Waals surface area contributed by atoms with Crippen LogP contribution in [0.15, 0.2) is 0 Å². The van der Waals surface area contributed by atoms with E-state index in [0.29, 0.717) is 13.1 Å². The Labute approximate surface area is 109 Å². The van der Waals surface area contributed by atoms with Gasteiger partial charge in [-0.2, -0.15) is 0 Å². The van der Waals surface area contributed by atoms with E-state index in [-0.39, 0.29) is 23.8 Å². The molecule has 0 spiro atoms. The first-order valence-corrected chi connectivity index (χ1v) is 6.66. The highest BCUT2D eigenvalue weighted by Crippen LogP contribution is 2.32. The van der Waals surface area contributed by atoms with E-state index < -0.39 is 5.97 Å². The topological polar surface area (TPSA) is 69.6 Å². The Balaban J connectivity index is 2.78. The molecule has 104 valence electrons. The van der Waals surface area contributed by atoms with E-state index >= 15 is 0 Å². The van der Waals surface area contributed by atoms with Gasteiger partial charge in [0.2, 0.25) is 5.91 Å². The molecule has 0 radical (unpaired) electrons. The van der Waals surface area contributed by atoms with Gasteiger partial charge in [0.25, 0.3) is 0 Å².